The molecule has 3 rings (SSSR count). The molecule has 0 aromatic carbocycles. The van der Waals surface area contributed by atoms with Crippen LogP contribution in [-0.2, 0) is 0 Å². The number of hydrogen-bond acceptors (Lipinski definition) is 1. The zero-order chi connectivity index (χ0) is 19.5. The normalized spacial score (nSPS) is 39.0. The minimum Gasteiger partial charge on any atom is -0.314 e. The lowest BCUT2D eigenvalue weighted by molar-refractivity contribution is 0.0855. The molecule has 0 aromatic heterocycles. The first-order valence-corrected chi connectivity index (χ1v) is 14.7. The van der Waals surface area contributed by atoms with Crippen LogP contribution < -0.4 is 0 Å². The predicted octanol–water partition coefficient (Wildman–Crippen LogP) is 7.33. The van der Waals surface area contributed by atoms with Crippen LogP contribution in [0.25, 0.3) is 0 Å². The summed E-state index contributed by atoms with van der Waals surface area (Å²) in [4.78, 5) is 0. The van der Waals surface area contributed by atoms with Gasteiger partial charge in [0.2, 0.25) is 0 Å². The molecule has 152 valence electrons. The third-order valence-electron chi connectivity index (χ3n) is 8.33. The molecule has 0 aliphatic heterocycles. The van der Waals surface area contributed by atoms with Crippen LogP contribution in [0, 0.1) is 29.6 Å². The lowest BCUT2D eigenvalue weighted by Crippen LogP contribution is -2.67. The largest absolute Gasteiger partial charge is 0.314 e. The fraction of sp³-hybridized carbons (Fsp3) is 1.00. The Morgan fingerprint density at radius 3 is 1.73 bits per heavy atom. The van der Waals surface area contributed by atoms with E-state index in [1.165, 1.54) is 19.3 Å². The van der Waals surface area contributed by atoms with E-state index < -0.39 is 8.24 Å². The maximum absolute atomic E-state index is 3.00. The smallest absolute Gasteiger partial charge is 0.126 e. The number of rotatable bonds is 2. The quantitative estimate of drug-likeness (QED) is 0.455. The SMILES string of the molecule is CC1CC2CC3CCCCC3CC2C1[Si](C)(C)N(C(C)(C)C)C(C)(C)C. The van der Waals surface area contributed by atoms with Gasteiger partial charge in [-0.15, -0.1) is 0 Å². The summed E-state index contributed by atoms with van der Waals surface area (Å²) in [6.45, 7) is 22.8. The number of fused-ring (bicyclic) bond motifs is 2. The summed E-state index contributed by atoms with van der Waals surface area (Å²) < 4.78 is 3.00. The third kappa shape index (κ3) is 3.71. The highest BCUT2D eigenvalue weighted by Crippen LogP contribution is 2.61. The average Bonchev–Trinajstić information content (AvgIpc) is 2.76. The van der Waals surface area contributed by atoms with Gasteiger partial charge in [-0.2, -0.15) is 0 Å². The molecule has 0 heterocycles. The second-order valence-electron chi connectivity index (χ2n) is 12.8. The lowest BCUT2D eigenvalue weighted by atomic mass is 9.64. The Balaban J connectivity index is 1.91. The molecule has 2 heteroatoms. The van der Waals surface area contributed by atoms with Crippen molar-refractivity contribution >= 4 is 8.24 Å². The van der Waals surface area contributed by atoms with Gasteiger partial charge in [-0.25, -0.2) is 0 Å². The van der Waals surface area contributed by atoms with E-state index in [-0.39, 0.29) is 11.1 Å². The predicted molar refractivity (Wildman–Crippen MR) is 118 cm³/mol. The van der Waals surface area contributed by atoms with Gasteiger partial charge in [-0.1, -0.05) is 45.7 Å². The van der Waals surface area contributed by atoms with Crippen LogP contribution >= 0.6 is 0 Å². The van der Waals surface area contributed by atoms with E-state index in [1.54, 1.807) is 25.7 Å². The zero-order valence-electron chi connectivity index (χ0n) is 19.4. The second kappa shape index (κ2) is 6.90. The van der Waals surface area contributed by atoms with Gasteiger partial charge in [-0.3, -0.25) is 0 Å². The summed E-state index contributed by atoms with van der Waals surface area (Å²) in [5.41, 5.74) is 1.50. The Morgan fingerprint density at radius 2 is 1.23 bits per heavy atom. The van der Waals surface area contributed by atoms with Crippen LogP contribution in [0.2, 0.25) is 18.6 Å². The van der Waals surface area contributed by atoms with E-state index in [2.05, 4.69) is 66.1 Å². The van der Waals surface area contributed by atoms with Gasteiger partial charge >= 0.3 is 0 Å². The Hall–Kier alpha value is 0.177. The number of nitrogens with zero attached hydrogens (tertiary/aromatic N) is 1. The molecule has 6 atom stereocenters. The molecule has 3 fully saturated rings. The van der Waals surface area contributed by atoms with Gasteiger partial charge in [-0.05, 0) is 95.9 Å². The molecule has 0 aromatic rings. The lowest BCUT2D eigenvalue weighted by Gasteiger charge is -2.58. The van der Waals surface area contributed by atoms with Crippen LogP contribution in [0.5, 0.6) is 0 Å². The topological polar surface area (TPSA) is 3.24 Å². The summed E-state index contributed by atoms with van der Waals surface area (Å²) in [6.07, 6.45) is 10.8. The van der Waals surface area contributed by atoms with Crippen molar-refractivity contribution in [2.75, 3.05) is 0 Å². The summed E-state index contributed by atoms with van der Waals surface area (Å²) >= 11 is 0. The van der Waals surface area contributed by atoms with Crippen molar-refractivity contribution in [3.05, 3.63) is 0 Å². The molecule has 3 aliphatic carbocycles. The minimum absolute atomic E-state index is 0.258. The van der Waals surface area contributed by atoms with Gasteiger partial charge < -0.3 is 4.57 Å². The van der Waals surface area contributed by atoms with Gasteiger partial charge in [0.25, 0.3) is 0 Å². The molecule has 0 bridgehead atoms. The second-order valence-corrected chi connectivity index (χ2v) is 17.2. The van der Waals surface area contributed by atoms with Gasteiger partial charge in [0.1, 0.15) is 8.24 Å². The van der Waals surface area contributed by atoms with E-state index in [9.17, 15) is 0 Å². The van der Waals surface area contributed by atoms with E-state index in [0.717, 1.165) is 35.1 Å². The summed E-state index contributed by atoms with van der Waals surface area (Å²) in [7, 11) is -1.57. The molecule has 6 unspecified atom stereocenters. The Kier molecular flexibility index (Phi) is 5.55. The van der Waals surface area contributed by atoms with Gasteiger partial charge in [0.05, 0.1) is 0 Å². The highest BCUT2D eigenvalue weighted by Gasteiger charge is 2.57. The van der Waals surface area contributed by atoms with E-state index >= 15 is 0 Å². The fourth-order valence-electron chi connectivity index (χ4n) is 8.87. The first-order chi connectivity index (χ1) is 11.8. The summed E-state index contributed by atoms with van der Waals surface area (Å²) in [5, 5.41) is 0. The van der Waals surface area contributed by atoms with Crippen molar-refractivity contribution in [1.29, 1.82) is 0 Å². The van der Waals surface area contributed by atoms with Crippen molar-refractivity contribution in [2.45, 2.75) is 123 Å². The Labute approximate surface area is 165 Å². The monoisotopic (exact) mass is 377 g/mol. The van der Waals surface area contributed by atoms with E-state index in [4.69, 9.17) is 0 Å². The molecular weight excluding hydrogens is 330 g/mol. The van der Waals surface area contributed by atoms with Crippen LogP contribution in [0.15, 0.2) is 0 Å². The van der Waals surface area contributed by atoms with Crippen LogP contribution in [0.1, 0.15) is 93.4 Å². The molecule has 1 nitrogen and oxygen atoms in total. The molecule has 0 spiro atoms. The van der Waals surface area contributed by atoms with Gasteiger partial charge in [0, 0.05) is 11.1 Å². The molecule has 0 N–H and O–H groups in total. The van der Waals surface area contributed by atoms with E-state index in [1.807, 2.05) is 0 Å². The van der Waals surface area contributed by atoms with Crippen molar-refractivity contribution in [1.82, 2.24) is 4.57 Å². The highest BCUT2D eigenvalue weighted by molar-refractivity contribution is 6.76. The molecule has 26 heavy (non-hydrogen) atoms. The Morgan fingerprint density at radius 1 is 0.731 bits per heavy atom. The molecule has 3 aliphatic rings. The van der Waals surface area contributed by atoms with E-state index in [0.29, 0.717) is 0 Å². The zero-order valence-corrected chi connectivity index (χ0v) is 20.4. The highest BCUT2D eigenvalue weighted by atomic mass is 28.3. The van der Waals surface area contributed by atoms with Crippen molar-refractivity contribution in [3.8, 4) is 0 Å². The molecule has 0 saturated heterocycles. The van der Waals surface area contributed by atoms with Crippen molar-refractivity contribution in [2.24, 2.45) is 29.6 Å². The number of hydrogen-bond donors (Lipinski definition) is 0. The van der Waals surface area contributed by atoms with Crippen molar-refractivity contribution < 1.29 is 0 Å². The first kappa shape index (κ1) is 20.9. The van der Waals surface area contributed by atoms with Crippen molar-refractivity contribution in [3.63, 3.8) is 0 Å². The van der Waals surface area contributed by atoms with Crippen LogP contribution in [0.4, 0.5) is 0 Å². The maximum atomic E-state index is 3.00. The van der Waals surface area contributed by atoms with Gasteiger partial charge in [0.15, 0.2) is 0 Å². The summed E-state index contributed by atoms with van der Waals surface area (Å²) in [6, 6.07) is 0. The maximum Gasteiger partial charge on any atom is 0.126 e. The molecule has 3 saturated carbocycles. The molecule has 0 amide bonds. The average molecular weight is 378 g/mol. The van der Waals surface area contributed by atoms with Crippen LogP contribution in [-0.4, -0.2) is 23.9 Å². The van der Waals surface area contributed by atoms with Crippen LogP contribution in [0.3, 0.4) is 0 Å². The fourth-order valence-corrected chi connectivity index (χ4v) is 15.6. The molecular formula is C24H47NSi. The minimum atomic E-state index is -1.57. The standard InChI is InChI=1S/C24H47NSi/c1-17-14-20-15-18-12-10-11-13-19(18)16-21(20)22(17)26(8,9)25(23(2,3)4)24(5,6)7/h17-22H,10-16H2,1-9H3. The Bertz CT molecular complexity index is 483. The molecule has 0 radical (unpaired) electrons. The summed E-state index contributed by atoms with van der Waals surface area (Å²) in [5.74, 6) is 5.16. The first-order valence-electron chi connectivity index (χ1n) is 11.6. The third-order valence-corrected chi connectivity index (χ3v) is 13.5.